The second kappa shape index (κ2) is 8.11. The fraction of sp³-hybridized carbons (Fsp3) is 0.222. The van der Waals surface area contributed by atoms with Crippen molar-refractivity contribution in [3.8, 4) is 0 Å². The second-order valence-corrected chi connectivity index (χ2v) is 9.26. The molecule has 0 bridgehead atoms. The highest BCUT2D eigenvalue weighted by atomic mass is 32.2. The number of carbonyl (C=O) groups excluding carboxylic acids is 1. The number of anilines is 1. The number of benzene rings is 1. The van der Waals surface area contributed by atoms with E-state index in [0.29, 0.717) is 16.8 Å². The van der Waals surface area contributed by atoms with Crippen molar-refractivity contribution in [3.05, 3.63) is 64.2 Å². The molecule has 0 radical (unpaired) electrons. The summed E-state index contributed by atoms with van der Waals surface area (Å²) in [6.07, 6.45) is -1.81. The summed E-state index contributed by atoms with van der Waals surface area (Å²) < 4.78 is 65.4. The van der Waals surface area contributed by atoms with E-state index in [0.717, 1.165) is 24.0 Å². The summed E-state index contributed by atoms with van der Waals surface area (Å²) >= 11 is 1.03. The molecule has 0 aliphatic carbocycles. The highest BCUT2D eigenvalue weighted by molar-refractivity contribution is 7.90. The van der Waals surface area contributed by atoms with Crippen molar-refractivity contribution in [2.24, 2.45) is 0 Å². The second-order valence-electron chi connectivity index (χ2n) is 6.39. The predicted octanol–water partition coefficient (Wildman–Crippen LogP) is 3.51. The fourth-order valence-electron chi connectivity index (χ4n) is 2.58. The van der Waals surface area contributed by atoms with Gasteiger partial charge < -0.3 is 5.32 Å². The summed E-state index contributed by atoms with van der Waals surface area (Å²) in [6, 6.07) is 5.80. The van der Waals surface area contributed by atoms with Gasteiger partial charge in [-0.3, -0.25) is 9.78 Å². The molecule has 2 heterocycles. The van der Waals surface area contributed by atoms with Gasteiger partial charge in [0.2, 0.25) is 0 Å². The standard InChI is InChI=1S/C18H15F3N4O3S2/c1-10-16(17(26)24-11-4-3-5-13(6-11)30(2,27)28)14(29-25-10)7-12-8-23-15(9-22-12)18(19,20)21/h3-6,8-9H,7H2,1-2H3,(H,24,26). The van der Waals surface area contributed by atoms with Crippen LogP contribution < -0.4 is 5.32 Å². The van der Waals surface area contributed by atoms with E-state index >= 15 is 0 Å². The summed E-state index contributed by atoms with van der Waals surface area (Å²) in [7, 11) is -3.44. The van der Waals surface area contributed by atoms with Crippen LogP contribution in [0.15, 0.2) is 41.6 Å². The van der Waals surface area contributed by atoms with E-state index < -0.39 is 27.6 Å². The molecule has 0 fully saturated rings. The Balaban J connectivity index is 1.83. The number of nitrogens with one attached hydrogen (secondary N) is 1. The number of aromatic nitrogens is 3. The number of rotatable bonds is 5. The van der Waals surface area contributed by atoms with Crippen LogP contribution in [-0.2, 0) is 22.4 Å². The maximum atomic E-state index is 12.8. The summed E-state index contributed by atoms with van der Waals surface area (Å²) in [5.41, 5.74) is 0.127. The molecule has 0 saturated heterocycles. The van der Waals surface area contributed by atoms with Gasteiger partial charge >= 0.3 is 6.18 Å². The quantitative estimate of drug-likeness (QED) is 0.631. The van der Waals surface area contributed by atoms with Gasteiger partial charge in [0, 0.05) is 29.4 Å². The average Bonchev–Trinajstić information content (AvgIpc) is 3.01. The molecule has 3 aromatic rings. The van der Waals surface area contributed by atoms with Crippen LogP contribution in [0, 0.1) is 6.92 Å². The Morgan fingerprint density at radius 1 is 1.20 bits per heavy atom. The fourth-order valence-corrected chi connectivity index (χ4v) is 4.13. The molecule has 0 unspecified atom stereocenters. The van der Waals surface area contributed by atoms with Crippen LogP contribution in [0.25, 0.3) is 0 Å². The van der Waals surface area contributed by atoms with Crippen molar-refractivity contribution in [1.29, 1.82) is 0 Å². The lowest BCUT2D eigenvalue weighted by molar-refractivity contribution is -0.141. The molecule has 7 nitrogen and oxygen atoms in total. The molecule has 1 amide bonds. The minimum atomic E-state index is -4.59. The summed E-state index contributed by atoms with van der Waals surface area (Å²) in [6.45, 7) is 1.63. The van der Waals surface area contributed by atoms with Crippen LogP contribution in [0.3, 0.4) is 0 Å². The Bertz CT molecular complexity index is 1190. The Labute approximate surface area is 174 Å². The van der Waals surface area contributed by atoms with Gasteiger partial charge in [0.1, 0.15) is 0 Å². The number of sulfone groups is 1. The predicted molar refractivity (Wildman–Crippen MR) is 104 cm³/mol. The first-order chi connectivity index (χ1) is 13.9. The Hall–Kier alpha value is -2.86. The van der Waals surface area contributed by atoms with Crippen molar-refractivity contribution >= 4 is 33.0 Å². The topological polar surface area (TPSA) is 102 Å². The van der Waals surface area contributed by atoms with Gasteiger partial charge in [-0.25, -0.2) is 13.4 Å². The van der Waals surface area contributed by atoms with Gasteiger partial charge in [0.05, 0.1) is 28.0 Å². The Morgan fingerprint density at radius 2 is 1.93 bits per heavy atom. The summed E-state index contributed by atoms with van der Waals surface area (Å²) in [4.78, 5) is 20.5. The molecule has 0 atom stereocenters. The number of halogens is 3. The maximum Gasteiger partial charge on any atom is 0.434 e. The molecule has 0 spiro atoms. The van der Waals surface area contributed by atoms with Crippen LogP contribution in [0.4, 0.5) is 18.9 Å². The zero-order valence-corrected chi connectivity index (χ0v) is 17.3. The van der Waals surface area contributed by atoms with Gasteiger partial charge in [-0.2, -0.15) is 17.5 Å². The minimum Gasteiger partial charge on any atom is -0.322 e. The molecule has 0 saturated carbocycles. The van der Waals surface area contributed by atoms with Crippen LogP contribution in [0.2, 0.25) is 0 Å². The van der Waals surface area contributed by atoms with Crippen LogP contribution in [0.1, 0.15) is 32.3 Å². The highest BCUT2D eigenvalue weighted by Crippen LogP contribution is 2.27. The van der Waals surface area contributed by atoms with Crippen LogP contribution in [-0.4, -0.2) is 34.9 Å². The first-order valence-electron chi connectivity index (χ1n) is 8.40. The number of alkyl halides is 3. The summed E-state index contributed by atoms with van der Waals surface area (Å²) in [5.74, 6) is -0.512. The minimum absolute atomic E-state index is 0.0562. The number of amides is 1. The molecular formula is C18H15F3N4O3S2. The molecule has 0 aliphatic rings. The molecule has 3 rings (SSSR count). The Morgan fingerprint density at radius 3 is 2.53 bits per heavy atom. The monoisotopic (exact) mass is 456 g/mol. The van der Waals surface area contributed by atoms with E-state index in [1.807, 2.05) is 0 Å². The van der Waals surface area contributed by atoms with Crippen molar-refractivity contribution in [1.82, 2.24) is 14.3 Å². The van der Waals surface area contributed by atoms with Crippen molar-refractivity contribution in [2.75, 3.05) is 11.6 Å². The smallest absolute Gasteiger partial charge is 0.322 e. The van der Waals surface area contributed by atoms with Crippen LogP contribution in [0.5, 0.6) is 0 Å². The third-order valence-electron chi connectivity index (χ3n) is 4.02. The molecule has 1 aromatic carbocycles. The number of aryl methyl sites for hydroxylation is 1. The van der Waals surface area contributed by atoms with Gasteiger partial charge in [-0.05, 0) is 36.7 Å². The Kier molecular flexibility index (Phi) is 5.90. The van der Waals surface area contributed by atoms with E-state index in [1.54, 1.807) is 13.0 Å². The summed E-state index contributed by atoms with van der Waals surface area (Å²) in [5, 5.41) is 2.63. The third kappa shape index (κ3) is 5.00. The first kappa shape index (κ1) is 21.8. The molecule has 0 aliphatic heterocycles. The van der Waals surface area contributed by atoms with Crippen molar-refractivity contribution < 1.29 is 26.4 Å². The average molecular weight is 456 g/mol. The van der Waals surface area contributed by atoms with Crippen LogP contribution >= 0.6 is 11.5 Å². The zero-order valence-electron chi connectivity index (χ0n) is 15.7. The van der Waals surface area contributed by atoms with Crippen molar-refractivity contribution in [2.45, 2.75) is 24.4 Å². The van der Waals surface area contributed by atoms with Gasteiger partial charge in [-0.1, -0.05) is 6.07 Å². The zero-order chi connectivity index (χ0) is 22.1. The lowest BCUT2D eigenvalue weighted by Crippen LogP contribution is -2.15. The largest absolute Gasteiger partial charge is 0.434 e. The molecular weight excluding hydrogens is 441 g/mol. The van der Waals surface area contributed by atoms with E-state index in [2.05, 4.69) is 19.7 Å². The van der Waals surface area contributed by atoms with Gasteiger partial charge in [0.15, 0.2) is 15.5 Å². The molecule has 1 N–H and O–H groups in total. The van der Waals surface area contributed by atoms with Gasteiger partial charge in [0.25, 0.3) is 5.91 Å². The van der Waals surface area contributed by atoms with E-state index in [9.17, 15) is 26.4 Å². The maximum absolute atomic E-state index is 12.8. The van der Waals surface area contributed by atoms with E-state index in [1.165, 1.54) is 18.2 Å². The first-order valence-corrected chi connectivity index (χ1v) is 11.1. The SMILES string of the molecule is Cc1nsc(Cc2cnc(C(F)(F)F)cn2)c1C(=O)Nc1cccc(S(C)(=O)=O)c1. The van der Waals surface area contributed by atoms with E-state index in [4.69, 9.17) is 0 Å². The van der Waals surface area contributed by atoms with Gasteiger partial charge in [-0.15, -0.1) is 0 Å². The number of nitrogens with zero attached hydrogens (tertiary/aromatic N) is 3. The lowest BCUT2D eigenvalue weighted by Gasteiger charge is -2.09. The van der Waals surface area contributed by atoms with E-state index in [-0.39, 0.29) is 28.3 Å². The molecule has 12 heteroatoms. The number of carbonyl (C=O) groups is 1. The third-order valence-corrected chi connectivity index (χ3v) is 6.06. The van der Waals surface area contributed by atoms with Crippen molar-refractivity contribution in [3.63, 3.8) is 0 Å². The molecule has 158 valence electrons. The number of hydrogen-bond acceptors (Lipinski definition) is 7. The highest BCUT2D eigenvalue weighted by Gasteiger charge is 2.32. The molecule has 30 heavy (non-hydrogen) atoms. The normalized spacial score (nSPS) is 12.0. The number of hydrogen-bond donors (Lipinski definition) is 1. The molecule has 2 aromatic heterocycles. The lowest BCUT2D eigenvalue weighted by atomic mass is 10.1.